The summed E-state index contributed by atoms with van der Waals surface area (Å²) in [7, 11) is 0. The lowest BCUT2D eigenvalue weighted by Gasteiger charge is -2.23. The van der Waals surface area contributed by atoms with Crippen LogP contribution in [-0.2, 0) is 0 Å². The summed E-state index contributed by atoms with van der Waals surface area (Å²) in [6, 6.07) is 12.7. The van der Waals surface area contributed by atoms with Gasteiger partial charge in [-0.25, -0.2) is 0 Å². The van der Waals surface area contributed by atoms with Crippen molar-refractivity contribution in [2.75, 3.05) is 26.2 Å². The molecule has 0 radical (unpaired) electrons. The predicted octanol–water partition coefficient (Wildman–Crippen LogP) is 2.96. The Balaban J connectivity index is 1.81. The summed E-state index contributed by atoms with van der Waals surface area (Å²) >= 11 is 0. The highest BCUT2D eigenvalue weighted by atomic mass is 15.1. The molecule has 3 heteroatoms. The van der Waals surface area contributed by atoms with Gasteiger partial charge in [0.1, 0.15) is 0 Å². The second-order valence-corrected chi connectivity index (χ2v) is 5.85. The van der Waals surface area contributed by atoms with Gasteiger partial charge in [0, 0.05) is 12.6 Å². The number of nitrogens with one attached hydrogen (secondary N) is 1. The van der Waals surface area contributed by atoms with Gasteiger partial charge in [0.05, 0.1) is 12.5 Å². The van der Waals surface area contributed by atoms with E-state index in [0.717, 1.165) is 6.54 Å². The molecule has 0 aromatic heterocycles. The van der Waals surface area contributed by atoms with Crippen molar-refractivity contribution in [2.45, 2.75) is 32.2 Å². The van der Waals surface area contributed by atoms with E-state index < -0.39 is 0 Å². The molecule has 1 aromatic rings. The molecule has 108 valence electrons. The lowest BCUT2D eigenvalue weighted by atomic mass is 10.0. The molecule has 0 saturated carbocycles. The van der Waals surface area contributed by atoms with Crippen LogP contribution in [0.2, 0.25) is 0 Å². The fraction of sp³-hybridized carbons (Fsp3) is 0.588. The fourth-order valence-electron chi connectivity index (χ4n) is 2.90. The van der Waals surface area contributed by atoms with E-state index in [1.54, 1.807) is 0 Å². The van der Waals surface area contributed by atoms with Crippen LogP contribution in [0, 0.1) is 17.2 Å². The maximum atomic E-state index is 8.99. The summed E-state index contributed by atoms with van der Waals surface area (Å²) in [5, 5.41) is 12.6. The Bertz CT molecular complexity index is 418. The van der Waals surface area contributed by atoms with Crippen molar-refractivity contribution in [1.82, 2.24) is 10.2 Å². The number of hydrogen-bond acceptors (Lipinski definition) is 3. The highest BCUT2D eigenvalue weighted by Crippen LogP contribution is 2.17. The molecule has 20 heavy (non-hydrogen) atoms. The zero-order valence-electron chi connectivity index (χ0n) is 12.4. The molecule has 1 N–H and O–H groups in total. The third-order valence-corrected chi connectivity index (χ3v) is 3.98. The van der Waals surface area contributed by atoms with Gasteiger partial charge in [0.25, 0.3) is 0 Å². The number of nitriles is 1. The van der Waals surface area contributed by atoms with Crippen molar-refractivity contribution in [3.05, 3.63) is 35.9 Å². The molecule has 0 aliphatic carbocycles. The van der Waals surface area contributed by atoms with Crippen molar-refractivity contribution < 1.29 is 0 Å². The highest BCUT2D eigenvalue weighted by molar-refractivity contribution is 5.19. The lowest BCUT2D eigenvalue weighted by molar-refractivity contribution is 0.278. The summed E-state index contributed by atoms with van der Waals surface area (Å²) < 4.78 is 0. The lowest BCUT2D eigenvalue weighted by Crippen LogP contribution is -2.33. The smallest absolute Gasteiger partial charge is 0.0641 e. The first kappa shape index (κ1) is 15.0. The van der Waals surface area contributed by atoms with Crippen molar-refractivity contribution in [3.8, 4) is 6.07 Å². The Labute approximate surface area is 122 Å². The molecular formula is C17H25N3. The highest BCUT2D eigenvalue weighted by Gasteiger charge is 2.16. The SMILES string of the molecule is CC(CNC(CC#N)c1ccccc1)CN1CCCC1. The van der Waals surface area contributed by atoms with E-state index in [1.165, 1.54) is 38.0 Å². The Hall–Kier alpha value is -1.37. The van der Waals surface area contributed by atoms with Crippen LogP contribution in [0.15, 0.2) is 30.3 Å². The molecule has 3 nitrogen and oxygen atoms in total. The first-order valence-electron chi connectivity index (χ1n) is 7.67. The molecule has 0 bridgehead atoms. The van der Waals surface area contributed by atoms with Crippen molar-refractivity contribution in [1.29, 1.82) is 5.26 Å². The second kappa shape index (κ2) is 8.04. The molecule has 1 heterocycles. The monoisotopic (exact) mass is 271 g/mol. The van der Waals surface area contributed by atoms with Crippen LogP contribution < -0.4 is 5.32 Å². The van der Waals surface area contributed by atoms with Gasteiger partial charge in [-0.15, -0.1) is 0 Å². The largest absolute Gasteiger partial charge is 0.309 e. The van der Waals surface area contributed by atoms with Crippen LogP contribution in [0.5, 0.6) is 0 Å². The molecule has 1 aliphatic rings. The Morgan fingerprint density at radius 1 is 1.25 bits per heavy atom. The minimum absolute atomic E-state index is 0.155. The van der Waals surface area contributed by atoms with Gasteiger partial charge in [0.2, 0.25) is 0 Å². The second-order valence-electron chi connectivity index (χ2n) is 5.85. The van der Waals surface area contributed by atoms with E-state index in [9.17, 15) is 0 Å². The minimum Gasteiger partial charge on any atom is -0.309 e. The van der Waals surface area contributed by atoms with E-state index in [0.29, 0.717) is 12.3 Å². The van der Waals surface area contributed by atoms with Gasteiger partial charge in [-0.05, 0) is 44.0 Å². The van der Waals surface area contributed by atoms with Crippen LogP contribution in [0.1, 0.15) is 37.8 Å². The Kier molecular flexibility index (Phi) is 6.04. The van der Waals surface area contributed by atoms with Crippen molar-refractivity contribution in [3.63, 3.8) is 0 Å². The first-order chi connectivity index (χ1) is 9.79. The van der Waals surface area contributed by atoms with E-state index in [2.05, 4.69) is 35.3 Å². The van der Waals surface area contributed by atoms with Crippen LogP contribution in [0.4, 0.5) is 0 Å². The van der Waals surface area contributed by atoms with E-state index >= 15 is 0 Å². The number of nitrogens with zero attached hydrogens (tertiary/aromatic N) is 2. The van der Waals surface area contributed by atoms with Gasteiger partial charge >= 0.3 is 0 Å². The molecule has 1 fully saturated rings. The summed E-state index contributed by atoms with van der Waals surface area (Å²) in [4.78, 5) is 2.55. The third kappa shape index (κ3) is 4.63. The Morgan fingerprint density at radius 2 is 1.95 bits per heavy atom. The molecule has 0 spiro atoms. The number of hydrogen-bond donors (Lipinski definition) is 1. The molecule has 1 aromatic carbocycles. The summed E-state index contributed by atoms with van der Waals surface area (Å²) in [5.74, 6) is 0.623. The molecule has 2 atom stereocenters. The number of likely N-dealkylation sites (tertiary alicyclic amines) is 1. The zero-order valence-corrected chi connectivity index (χ0v) is 12.4. The van der Waals surface area contributed by atoms with E-state index in [1.807, 2.05) is 18.2 Å². The van der Waals surface area contributed by atoms with Crippen molar-refractivity contribution >= 4 is 0 Å². The molecule has 0 amide bonds. The topological polar surface area (TPSA) is 39.1 Å². The van der Waals surface area contributed by atoms with Crippen LogP contribution in [-0.4, -0.2) is 31.1 Å². The van der Waals surface area contributed by atoms with Gasteiger partial charge in [0.15, 0.2) is 0 Å². The molecule has 1 aliphatic heterocycles. The fourth-order valence-corrected chi connectivity index (χ4v) is 2.90. The first-order valence-corrected chi connectivity index (χ1v) is 7.67. The molecule has 2 unspecified atom stereocenters. The predicted molar refractivity (Wildman–Crippen MR) is 82.3 cm³/mol. The van der Waals surface area contributed by atoms with Crippen LogP contribution in [0.25, 0.3) is 0 Å². The number of rotatable bonds is 7. The van der Waals surface area contributed by atoms with E-state index in [4.69, 9.17) is 5.26 Å². The van der Waals surface area contributed by atoms with Gasteiger partial charge in [-0.1, -0.05) is 37.3 Å². The maximum Gasteiger partial charge on any atom is 0.0641 e. The standard InChI is InChI=1S/C17H25N3/c1-15(14-20-11-5-6-12-20)13-19-17(9-10-18)16-7-3-2-4-8-16/h2-4,7-8,15,17,19H,5-6,9,11-14H2,1H3. The molecule has 1 saturated heterocycles. The minimum atomic E-state index is 0.155. The van der Waals surface area contributed by atoms with Crippen LogP contribution in [0.3, 0.4) is 0 Å². The Morgan fingerprint density at radius 3 is 2.60 bits per heavy atom. The normalized spacial score (nSPS) is 18.6. The third-order valence-electron chi connectivity index (χ3n) is 3.98. The zero-order chi connectivity index (χ0) is 14.2. The molecule has 2 rings (SSSR count). The van der Waals surface area contributed by atoms with Crippen molar-refractivity contribution in [2.24, 2.45) is 5.92 Å². The summed E-state index contributed by atoms with van der Waals surface area (Å²) in [5.41, 5.74) is 1.21. The van der Waals surface area contributed by atoms with Crippen LogP contribution >= 0.6 is 0 Å². The summed E-state index contributed by atoms with van der Waals surface area (Å²) in [6.45, 7) is 6.94. The number of benzene rings is 1. The quantitative estimate of drug-likeness (QED) is 0.828. The average Bonchev–Trinajstić information content (AvgIpc) is 2.97. The van der Waals surface area contributed by atoms with Gasteiger partial charge < -0.3 is 10.2 Å². The average molecular weight is 271 g/mol. The molecular weight excluding hydrogens is 246 g/mol. The maximum absolute atomic E-state index is 8.99. The van der Waals surface area contributed by atoms with Gasteiger partial charge in [-0.2, -0.15) is 5.26 Å². The summed E-state index contributed by atoms with van der Waals surface area (Å²) in [6.07, 6.45) is 3.23. The van der Waals surface area contributed by atoms with Gasteiger partial charge in [-0.3, -0.25) is 0 Å². The van der Waals surface area contributed by atoms with E-state index in [-0.39, 0.29) is 6.04 Å².